The van der Waals surface area contributed by atoms with Crippen molar-refractivity contribution in [3.8, 4) is 23.0 Å². The molecule has 4 nitrogen and oxygen atoms in total. The van der Waals surface area contributed by atoms with Crippen molar-refractivity contribution in [1.82, 2.24) is 15.0 Å². The molecular weight excluding hydrogens is 244 g/mol. The fourth-order valence-corrected chi connectivity index (χ4v) is 2.27. The quantitative estimate of drug-likeness (QED) is 0.704. The van der Waals surface area contributed by atoms with Crippen LogP contribution in [0.1, 0.15) is 5.56 Å². The van der Waals surface area contributed by atoms with E-state index >= 15 is 0 Å². The second-order valence-corrected chi connectivity index (χ2v) is 4.50. The number of rotatable bonds is 2. The zero-order chi connectivity index (χ0) is 12.4. The molecule has 0 N–H and O–H groups in total. The Balaban J connectivity index is 1.95. The zero-order valence-electron chi connectivity index (χ0n) is 9.32. The smallest absolute Gasteiger partial charge is 0.114 e. The van der Waals surface area contributed by atoms with Crippen LogP contribution in [0, 0.1) is 11.3 Å². The molecular formula is C13H8N4S. The van der Waals surface area contributed by atoms with Gasteiger partial charge in [-0.3, -0.25) is 0 Å². The first-order chi connectivity index (χ1) is 8.86. The average Bonchev–Trinajstić information content (AvgIpc) is 3.09. The fraction of sp³-hybridized carbons (Fsp3) is 0. The van der Waals surface area contributed by atoms with Gasteiger partial charge in [-0.05, 0) is 35.7 Å². The lowest BCUT2D eigenvalue weighted by Gasteiger charge is -1.98. The lowest BCUT2D eigenvalue weighted by atomic mass is 10.2. The molecule has 0 spiro atoms. The van der Waals surface area contributed by atoms with Crippen LogP contribution in [-0.2, 0) is 0 Å². The number of hydrogen-bond acceptors (Lipinski definition) is 4. The maximum Gasteiger partial charge on any atom is 0.114 e. The lowest BCUT2D eigenvalue weighted by Crippen LogP contribution is -1.94. The minimum atomic E-state index is 0.636. The molecule has 0 aliphatic rings. The highest BCUT2D eigenvalue weighted by Gasteiger charge is 2.05. The van der Waals surface area contributed by atoms with Gasteiger partial charge < -0.3 is 0 Å². The molecule has 18 heavy (non-hydrogen) atoms. The van der Waals surface area contributed by atoms with Crippen LogP contribution in [0.3, 0.4) is 0 Å². The van der Waals surface area contributed by atoms with E-state index in [0.29, 0.717) is 5.56 Å². The van der Waals surface area contributed by atoms with E-state index in [1.165, 1.54) is 0 Å². The van der Waals surface area contributed by atoms with Crippen LogP contribution >= 0.6 is 11.3 Å². The second kappa shape index (κ2) is 4.43. The van der Waals surface area contributed by atoms with Gasteiger partial charge in [0.1, 0.15) is 5.69 Å². The number of nitrogens with zero attached hydrogens (tertiary/aromatic N) is 4. The molecule has 2 heterocycles. The normalized spacial score (nSPS) is 10.2. The SMILES string of the molecule is N#Cc1ccc(-n2cc(-c3ccsc3)nn2)cc1. The van der Waals surface area contributed by atoms with Crippen molar-refractivity contribution >= 4 is 11.3 Å². The maximum absolute atomic E-state index is 8.74. The Morgan fingerprint density at radius 1 is 1.17 bits per heavy atom. The molecule has 0 atom stereocenters. The summed E-state index contributed by atoms with van der Waals surface area (Å²) in [7, 11) is 0. The van der Waals surface area contributed by atoms with Gasteiger partial charge in [0, 0.05) is 10.9 Å². The molecule has 0 saturated heterocycles. The lowest BCUT2D eigenvalue weighted by molar-refractivity contribution is 0.804. The first-order valence-electron chi connectivity index (χ1n) is 5.32. The van der Waals surface area contributed by atoms with Gasteiger partial charge in [0.2, 0.25) is 0 Å². The van der Waals surface area contributed by atoms with Gasteiger partial charge in [0.25, 0.3) is 0 Å². The molecule has 2 aromatic heterocycles. The first-order valence-corrected chi connectivity index (χ1v) is 6.26. The summed E-state index contributed by atoms with van der Waals surface area (Å²) in [5.41, 5.74) is 3.44. The van der Waals surface area contributed by atoms with E-state index in [0.717, 1.165) is 16.9 Å². The summed E-state index contributed by atoms with van der Waals surface area (Å²) >= 11 is 1.63. The predicted octanol–water partition coefficient (Wildman–Crippen LogP) is 2.87. The third kappa shape index (κ3) is 1.90. The third-order valence-electron chi connectivity index (χ3n) is 2.57. The predicted molar refractivity (Wildman–Crippen MR) is 69.4 cm³/mol. The van der Waals surface area contributed by atoms with Gasteiger partial charge in [-0.1, -0.05) is 5.21 Å². The standard InChI is InChI=1S/C13H8N4S/c14-7-10-1-3-12(4-2-10)17-8-13(15-16-17)11-5-6-18-9-11/h1-6,8-9H. The Morgan fingerprint density at radius 3 is 2.67 bits per heavy atom. The highest BCUT2D eigenvalue weighted by atomic mass is 32.1. The van der Waals surface area contributed by atoms with Crippen molar-refractivity contribution in [3.63, 3.8) is 0 Å². The number of thiophene rings is 1. The Kier molecular flexibility index (Phi) is 2.63. The largest absolute Gasteiger partial charge is 0.220 e. The summed E-state index contributed by atoms with van der Waals surface area (Å²) < 4.78 is 1.70. The molecule has 0 radical (unpaired) electrons. The van der Waals surface area contributed by atoms with Crippen LogP contribution in [0.15, 0.2) is 47.3 Å². The van der Waals surface area contributed by atoms with Gasteiger partial charge >= 0.3 is 0 Å². The average molecular weight is 252 g/mol. The number of nitriles is 1. The molecule has 0 bridgehead atoms. The molecule has 86 valence electrons. The maximum atomic E-state index is 8.74. The van der Waals surface area contributed by atoms with E-state index in [1.54, 1.807) is 28.2 Å². The van der Waals surface area contributed by atoms with Crippen molar-refractivity contribution < 1.29 is 0 Å². The van der Waals surface area contributed by atoms with Crippen molar-refractivity contribution in [2.75, 3.05) is 0 Å². The van der Waals surface area contributed by atoms with E-state index in [-0.39, 0.29) is 0 Å². The summed E-state index contributed by atoms with van der Waals surface area (Å²) in [6, 6.07) is 11.3. The van der Waals surface area contributed by atoms with Crippen LogP contribution in [0.4, 0.5) is 0 Å². The number of aromatic nitrogens is 3. The van der Waals surface area contributed by atoms with Crippen LogP contribution in [-0.4, -0.2) is 15.0 Å². The van der Waals surface area contributed by atoms with Gasteiger partial charge in [0.15, 0.2) is 0 Å². The van der Waals surface area contributed by atoms with Crippen LogP contribution < -0.4 is 0 Å². The van der Waals surface area contributed by atoms with Crippen molar-refractivity contribution in [2.45, 2.75) is 0 Å². The van der Waals surface area contributed by atoms with Crippen molar-refractivity contribution in [2.24, 2.45) is 0 Å². The van der Waals surface area contributed by atoms with Crippen molar-refractivity contribution in [3.05, 3.63) is 52.9 Å². The van der Waals surface area contributed by atoms with Gasteiger partial charge in [0.05, 0.1) is 23.5 Å². The van der Waals surface area contributed by atoms with E-state index in [4.69, 9.17) is 5.26 Å². The van der Waals surface area contributed by atoms with E-state index in [9.17, 15) is 0 Å². The third-order valence-corrected chi connectivity index (χ3v) is 3.25. The molecule has 3 aromatic rings. The Labute approximate surface area is 108 Å². The molecule has 3 rings (SSSR count). The van der Waals surface area contributed by atoms with Crippen LogP contribution in [0.2, 0.25) is 0 Å². The summed E-state index contributed by atoms with van der Waals surface area (Å²) in [5.74, 6) is 0. The Bertz CT molecular complexity index is 689. The van der Waals surface area contributed by atoms with E-state index < -0.39 is 0 Å². The summed E-state index contributed by atoms with van der Waals surface area (Å²) in [5, 5.41) is 21.0. The highest BCUT2D eigenvalue weighted by molar-refractivity contribution is 7.08. The molecule has 0 amide bonds. The van der Waals surface area contributed by atoms with Gasteiger partial charge in [-0.25, -0.2) is 4.68 Å². The first kappa shape index (κ1) is 10.7. The molecule has 5 heteroatoms. The second-order valence-electron chi connectivity index (χ2n) is 3.72. The molecule has 0 aliphatic carbocycles. The summed E-state index contributed by atoms with van der Waals surface area (Å²) in [4.78, 5) is 0. The monoisotopic (exact) mass is 252 g/mol. The zero-order valence-corrected chi connectivity index (χ0v) is 10.1. The van der Waals surface area contributed by atoms with E-state index in [1.807, 2.05) is 35.2 Å². The topological polar surface area (TPSA) is 54.5 Å². The molecule has 0 saturated carbocycles. The number of benzene rings is 1. The molecule has 0 aliphatic heterocycles. The van der Waals surface area contributed by atoms with Gasteiger partial charge in [-0.15, -0.1) is 5.10 Å². The fourth-order valence-electron chi connectivity index (χ4n) is 1.62. The summed E-state index contributed by atoms with van der Waals surface area (Å²) in [6.07, 6.45) is 1.88. The molecule has 0 unspecified atom stereocenters. The van der Waals surface area contributed by atoms with Crippen LogP contribution in [0.25, 0.3) is 16.9 Å². The summed E-state index contributed by atoms with van der Waals surface area (Å²) in [6.45, 7) is 0. The minimum absolute atomic E-state index is 0.636. The highest BCUT2D eigenvalue weighted by Crippen LogP contribution is 2.20. The van der Waals surface area contributed by atoms with E-state index in [2.05, 4.69) is 16.4 Å². The van der Waals surface area contributed by atoms with Gasteiger partial charge in [-0.2, -0.15) is 16.6 Å². The minimum Gasteiger partial charge on any atom is -0.220 e. The molecule has 0 fully saturated rings. The Morgan fingerprint density at radius 2 is 2.00 bits per heavy atom. The Hall–Kier alpha value is -2.45. The van der Waals surface area contributed by atoms with Crippen LogP contribution in [0.5, 0.6) is 0 Å². The number of hydrogen-bond donors (Lipinski definition) is 0. The van der Waals surface area contributed by atoms with Crippen molar-refractivity contribution in [1.29, 1.82) is 5.26 Å². The molecule has 1 aromatic carbocycles.